The van der Waals surface area contributed by atoms with Crippen molar-refractivity contribution < 1.29 is 24.2 Å². The molecule has 33 heavy (non-hydrogen) atoms. The normalized spacial score (nSPS) is 14.4. The van der Waals surface area contributed by atoms with Gasteiger partial charge in [0.1, 0.15) is 16.2 Å². The number of halogens is 5. The minimum absolute atomic E-state index is 0.175. The Bertz CT molecular complexity index is 1330. The van der Waals surface area contributed by atoms with E-state index in [1.807, 2.05) is 12.1 Å². The Labute approximate surface area is 185 Å². The molecule has 0 saturated heterocycles. The Morgan fingerprint density at radius 2 is 1.76 bits per heavy atom. The molecule has 0 unspecified atom stereocenters. The summed E-state index contributed by atoms with van der Waals surface area (Å²) >= 11 is 0. The third-order valence-corrected chi connectivity index (χ3v) is 6.17. The predicted molar refractivity (Wildman–Crippen MR) is 117 cm³/mol. The van der Waals surface area contributed by atoms with Crippen molar-refractivity contribution in [3.8, 4) is 5.75 Å². The van der Waals surface area contributed by atoms with E-state index < -0.39 is 15.1 Å². The highest BCUT2D eigenvalue weighted by Crippen LogP contribution is 3.02. The van der Waals surface area contributed by atoms with Crippen LogP contribution in [0.4, 0.5) is 25.4 Å². The highest BCUT2D eigenvalue weighted by atomic mass is 32.5. The minimum atomic E-state index is -9.64. The number of aryl methyl sites for hydroxylation is 1. The molecular formula is C20H21F5N6OS. The maximum absolute atomic E-state index is 12.8. The van der Waals surface area contributed by atoms with Crippen LogP contribution in [-0.4, -0.2) is 33.2 Å². The maximum atomic E-state index is 12.8. The van der Waals surface area contributed by atoms with Crippen LogP contribution in [0, 0.1) is 0 Å². The second-order valence-electron chi connectivity index (χ2n) is 7.48. The second kappa shape index (κ2) is 7.42. The third-order valence-electron chi connectivity index (χ3n) is 5.01. The topological polar surface area (TPSA) is 90.4 Å². The van der Waals surface area contributed by atoms with E-state index in [1.165, 1.54) is 4.52 Å². The molecule has 7 nitrogen and oxygen atoms in total. The van der Waals surface area contributed by atoms with Crippen LogP contribution in [0.15, 0.2) is 47.4 Å². The lowest BCUT2D eigenvalue weighted by molar-refractivity contribution is 0.364. The van der Waals surface area contributed by atoms with Gasteiger partial charge in [-0.05, 0) is 42.8 Å². The molecule has 0 fully saturated rings. The van der Waals surface area contributed by atoms with Gasteiger partial charge in [-0.15, -0.1) is 5.10 Å². The monoisotopic (exact) mass is 488 g/mol. The molecule has 2 aromatic heterocycles. The van der Waals surface area contributed by atoms with Gasteiger partial charge in [-0.3, -0.25) is 0 Å². The van der Waals surface area contributed by atoms with Crippen molar-refractivity contribution in [2.24, 2.45) is 0 Å². The standard InChI is InChI=1S/C20H21F5N6OS/c1-32-16-5-2-4-15-18(16)29-20(26)31-19(15)28-17(30-31)6-3-11-27-12-13-7-9-14(10-8-13)33(21,22,23,24)25/h2,4-5,7-10,27H,3,6,11-12H2,1H3,(H2,26,29). The van der Waals surface area contributed by atoms with Gasteiger partial charge >= 0.3 is 10.2 Å². The summed E-state index contributed by atoms with van der Waals surface area (Å²) < 4.78 is 70.6. The van der Waals surface area contributed by atoms with Crippen molar-refractivity contribution in [2.45, 2.75) is 24.3 Å². The molecular weight excluding hydrogens is 467 g/mol. The number of hydrogen-bond donors (Lipinski definition) is 2. The summed E-state index contributed by atoms with van der Waals surface area (Å²) in [5.74, 6) is 1.30. The van der Waals surface area contributed by atoms with E-state index in [9.17, 15) is 19.4 Å². The van der Waals surface area contributed by atoms with E-state index in [1.54, 1.807) is 13.2 Å². The molecule has 0 radical (unpaired) electrons. The lowest BCUT2D eigenvalue weighted by atomic mass is 10.2. The van der Waals surface area contributed by atoms with Crippen LogP contribution in [0.3, 0.4) is 0 Å². The zero-order valence-corrected chi connectivity index (χ0v) is 18.3. The van der Waals surface area contributed by atoms with Crippen LogP contribution in [0.2, 0.25) is 0 Å². The highest BCUT2D eigenvalue weighted by molar-refractivity contribution is 8.45. The number of hydrogen-bond acceptors (Lipinski definition) is 6. The first kappa shape index (κ1) is 23.0. The molecule has 0 amide bonds. The van der Waals surface area contributed by atoms with E-state index in [2.05, 4.69) is 20.4 Å². The van der Waals surface area contributed by atoms with E-state index in [0.717, 1.165) is 17.5 Å². The van der Waals surface area contributed by atoms with Crippen LogP contribution in [-0.2, 0) is 13.0 Å². The molecule has 0 atom stereocenters. The summed E-state index contributed by atoms with van der Waals surface area (Å²) in [6, 6.07) is 8.35. The van der Waals surface area contributed by atoms with Crippen LogP contribution < -0.4 is 15.8 Å². The summed E-state index contributed by atoms with van der Waals surface area (Å²) in [5, 5.41) is 8.20. The SMILES string of the molecule is COc1cccc2c1nc(N)n1nc(CCCNCc3ccc(S(F)(F)(F)(F)F)cc3)nc21. The molecule has 0 aliphatic heterocycles. The number of aromatic nitrogens is 4. The van der Waals surface area contributed by atoms with E-state index in [-0.39, 0.29) is 12.5 Å². The van der Waals surface area contributed by atoms with Gasteiger partial charge in [0.2, 0.25) is 5.95 Å². The lowest BCUT2D eigenvalue weighted by Crippen LogP contribution is -2.15. The number of anilines is 1. The molecule has 0 spiro atoms. The highest BCUT2D eigenvalue weighted by Gasteiger charge is 2.65. The molecule has 0 saturated carbocycles. The molecule has 4 aromatic rings. The molecule has 0 aliphatic rings. The molecule has 13 heteroatoms. The zero-order valence-electron chi connectivity index (χ0n) is 17.4. The molecule has 0 aliphatic carbocycles. The minimum Gasteiger partial charge on any atom is -0.494 e. The average molecular weight is 488 g/mol. The van der Waals surface area contributed by atoms with E-state index >= 15 is 0 Å². The van der Waals surface area contributed by atoms with Crippen molar-refractivity contribution in [2.75, 3.05) is 19.4 Å². The first-order chi connectivity index (χ1) is 15.4. The quantitative estimate of drug-likeness (QED) is 0.260. The van der Waals surface area contributed by atoms with Gasteiger partial charge in [0.15, 0.2) is 11.5 Å². The van der Waals surface area contributed by atoms with E-state index in [4.69, 9.17) is 10.5 Å². The largest absolute Gasteiger partial charge is 0.494 e. The number of nitrogens with one attached hydrogen (secondary N) is 1. The number of ether oxygens (including phenoxy) is 1. The summed E-state index contributed by atoms with van der Waals surface area (Å²) in [7, 11) is -8.10. The summed E-state index contributed by atoms with van der Waals surface area (Å²) in [6.07, 6.45) is 1.15. The number of fused-ring (bicyclic) bond motifs is 3. The first-order valence-electron chi connectivity index (χ1n) is 9.87. The number of para-hydroxylation sites is 1. The maximum Gasteiger partial charge on any atom is 0.310 e. The van der Waals surface area contributed by atoms with Crippen LogP contribution >= 0.6 is 10.2 Å². The zero-order chi connectivity index (χ0) is 23.9. The van der Waals surface area contributed by atoms with Crippen molar-refractivity contribution in [1.29, 1.82) is 0 Å². The number of nitrogens with two attached hydrogens (primary N) is 1. The predicted octanol–water partition coefficient (Wildman–Crippen LogP) is 5.25. The number of rotatable bonds is 8. The summed E-state index contributed by atoms with van der Waals surface area (Å²) in [4.78, 5) is 7.01. The molecule has 2 aromatic carbocycles. The van der Waals surface area contributed by atoms with Gasteiger partial charge in [0, 0.05) is 18.4 Å². The van der Waals surface area contributed by atoms with Gasteiger partial charge in [0.25, 0.3) is 0 Å². The van der Waals surface area contributed by atoms with Crippen molar-refractivity contribution in [3.05, 3.63) is 53.9 Å². The molecule has 3 N–H and O–H groups in total. The Balaban J connectivity index is 1.37. The molecule has 0 bridgehead atoms. The number of benzene rings is 2. The fourth-order valence-corrected chi connectivity index (χ4v) is 4.06. The molecule has 2 heterocycles. The third kappa shape index (κ3) is 4.93. The van der Waals surface area contributed by atoms with Crippen LogP contribution in [0.25, 0.3) is 16.6 Å². The van der Waals surface area contributed by atoms with Crippen molar-refractivity contribution in [1.82, 2.24) is 24.9 Å². The number of nitrogen functional groups attached to an aromatic ring is 1. The Morgan fingerprint density at radius 3 is 2.42 bits per heavy atom. The molecule has 4 rings (SSSR count). The molecule has 178 valence electrons. The van der Waals surface area contributed by atoms with Gasteiger partial charge in [-0.1, -0.05) is 37.6 Å². The summed E-state index contributed by atoms with van der Waals surface area (Å²) in [5.41, 5.74) is 7.63. The van der Waals surface area contributed by atoms with Gasteiger partial charge in [-0.25, -0.2) is 9.97 Å². The summed E-state index contributed by atoms with van der Waals surface area (Å²) in [6.45, 7) is 0.752. The van der Waals surface area contributed by atoms with Crippen molar-refractivity contribution in [3.63, 3.8) is 0 Å². The average Bonchev–Trinajstić information content (AvgIpc) is 3.17. The van der Waals surface area contributed by atoms with Crippen LogP contribution in [0.1, 0.15) is 17.8 Å². The van der Waals surface area contributed by atoms with E-state index in [0.29, 0.717) is 59.8 Å². The fraction of sp³-hybridized carbons (Fsp3) is 0.250. The second-order valence-corrected chi connectivity index (χ2v) is 9.89. The number of methoxy groups -OCH3 is 1. The fourth-order valence-electron chi connectivity index (χ4n) is 3.41. The first-order valence-corrected chi connectivity index (χ1v) is 11.8. The smallest absolute Gasteiger partial charge is 0.310 e. The van der Waals surface area contributed by atoms with Gasteiger partial charge in [-0.2, -0.15) is 4.52 Å². The Hall–Kier alpha value is -3.19. The lowest BCUT2D eigenvalue weighted by Gasteiger charge is -2.40. The Kier molecular flexibility index (Phi) is 5.17. The van der Waals surface area contributed by atoms with Gasteiger partial charge < -0.3 is 15.8 Å². The number of nitrogens with zero attached hydrogens (tertiary/aromatic N) is 4. The van der Waals surface area contributed by atoms with Crippen molar-refractivity contribution >= 4 is 32.7 Å². The Morgan fingerprint density at radius 1 is 1.03 bits per heavy atom. The van der Waals surface area contributed by atoms with Crippen LogP contribution in [0.5, 0.6) is 5.75 Å². The van der Waals surface area contributed by atoms with Gasteiger partial charge in [0.05, 0.1) is 7.11 Å².